The fourth-order valence-electron chi connectivity index (χ4n) is 14.1. The number of nitrogens with zero attached hydrogens (tertiary/aromatic N) is 8. The number of hydrogen-bond acceptors (Lipinski definition) is 12. The lowest BCUT2D eigenvalue weighted by molar-refractivity contribution is -0.150. The van der Waals surface area contributed by atoms with Crippen molar-refractivity contribution in [3.05, 3.63) is 196 Å². The van der Waals surface area contributed by atoms with Crippen LogP contribution in [0.1, 0.15) is 138 Å². The Balaban J connectivity index is 0.000000237. The van der Waals surface area contributed by atoms with Crippen LogP contribution >= 0.6 is 0 Å². The molecule has 2 atom stereocenters. The van der Waals surface area contributed by atoms with Crippen LogP contribution < -0.4 is 0 Å². The van der Waals surface area contributed by atoms with E-state index in [-0.39, 0.29) is 73.7 Å². The van der Waals surface area contributed by atoms with Crippen molar-refractivity contribution in [1.29, 1.82) is 0 Å². The summed E-state index contributed by atoms with van der Waals surface area (Å²) in [6, 6.07) is 36.5. The van der Waals surface area contributed by atoms with Crippen molar-refractivity contribution in [2.75, 3.05) is 114 Å². The summed E-state index contributed by atoms with van der Waals surface area (Å²) < 4.78 is 114. The lowest BCUT2D eigenvalue weighted by Gasteiger charge is -2.44. The number of benzene rings is 5. The molecule has 0 unspecified atom stereocenters. The largest absolute Gasteiger partial charge is 0.462 e. The predicted molar refractivity (Wildman–Crippen MR) is 372 cm³/mol. The van der Waals surface area contributed by atoms with Crippen LogP contribution in [-0.2, 0) is 71.3 Å². The van der Waals surface area contributed by atoms with E-state index in [2.05, 4.69) is 57.1 Å². The molecule has 1 aromatic heterocycles. The van der Waals surface area contributed by atoms with Gasteiger partial charge < -0.3 is 48.5 Å². The maximum atomic E-state index is 14.0. The molecular weight excluding hydrogens is 1310 g/mol. The molecule has 1 aliphatic carbocycles. The van der Waals surface area contributed by atoms with E-state index in [1.807, 2.05) is 80.4 Å². The number of pyridine rings is 1. The summed E-state index contributed by atoms with van der Waals surface area (Å²) >= 11 is 0. The third-order valence-electron chi connectivity index (χ3n) is 20.2. The molecular formula is C78H95F7N8O8. The van der Waals surface area contributed by atoms with E-state index in [4.69, 9.17) is 14.2 Å². The maximum Gasteiger partial charge on any atom is 0.416 e. The molecule has 3 saturated heterocycles. The Morgan fingerprint density at radius 3 is 2.00 bits per heavy atom. The normalized spacial score (nSPS) is 17.9. The quantitative estimate of drug-likeness (QED) is 0.0274. The van der Waals surface area contributed by atoms with Crippen molar-refractivity contribution >= 4 is 29.6 Å². The number of unbranched alkanes of at least 4 members (excludes halogenated alkanes) is 2. The number of amides is 4. The van der Waals surface area contributed by atoms with Gasteiger partial charge in [-0.15, -0.1) is 0 Å². The molecule has 0 bridgehead atoms. The van der Waals surface area contributed by atoms with Crippen LogP contribution in [-0.4, -0.2) is 195 Å². The second kappa shape index (κ2) is 35.2. The number of rotatable bonds is 27. The number of halogens is 7. The Morgan fingerprint density at radius 1 is 0.683 bits per heavy atom. The van der Waals surface area contributed by atoms with Gasteiger partial charge in [0, 0.05) is 97.1 Å². The third kappa shape index (κ3) is 20.6. The standard InChI is InChI=1S/C39H42F7N3O4.C39H53N5O4/c1-3-15-47(2)34(50)23-52-33-21-26-6-4-5-7-32(26)36(33)12-16-48(17-13-36)18-14-37(28-8-10-31(40)11-9-28)24-49(25-53-37)35(51)27-19-29(38(41,42)43)22-30(20-27)39(44,45)46;1-5-42(3)39(47)36-20-19-31(29-40-36)30-41(2)23-13-7-10-18-37(45)43(4)26-27-44-24-21-34(22-25-44)48-38(46)28-33-16-11-12-17-35(33)32-14-8-6-9-15-32/h4-11,19-20,22,33H,3,12-18,21,23-25H2,1-2H3;6,8-9,11-12,14-17,19-20,29,34H,5,7,10,13,18,21-28,30H2,1-4H3/t33-,37-;/m0./s1. The van der Waals surface area contributed by atoms with Crippen LogP contribution in [0.15, 0.2) is 140 Å². The van der Waals surface area contributed by atoms with Crippen LogP contribution in [0.3, 0.4) is 0 Å². The molecule has 0 N–H and O–H groups in total. The second-order valence-electron chi connectivity index (χ2n) is 27.3. The summed E-state index contributed by atoms with van der Waals surface area (Å²) in [7, 11) is 7.52. The Hall–Kier alpha value is -8.09. The van der Waals surface area contributed by atoms with Crippen molar-refractivity contribution in [2.45, 2.75) is 133 Å². The fraction of sp³-hybridized carbons (Fsp3) is 0.487. The Morgan fingerprint density at radius 2 is 1.34 bits per heavy atom. The first-order chi connectivity index (χ1) is 48.3. The van der Waals surface area contributed by atoms with Crippen LogP contribution in [0.5, 0.6) is 0 Å². The zero-order valence-corrected chi connectivity index (χ0v) is 58.8. The molecule has 4 heterocycles. The average molecular weight is 1410 g/mol. The van der Waals surface area contributed by atoms with Gasteiger partial charge in [-0.3, -0.25) is 29.0 Å². The van der Waals surface area contributed by atoms with Gasteiger partial charge in [0.05, 0.1) is 30.2 Å². The van der Waals surface area contributed by atoms with E-state index < -0.39 is 46.4 Å². The van der Waals surface area contributed by atoms with Crippen molar-refractivity contribution in [1.82, 2.24) is 39.3 Å². The van der Waals surface area contributed by atoms with Crippen molar-refractivity contribution in [3.8, 4) is 11.1 Å². The van der Waals surface area contributed by atoms with Crippen molar-refractivity contribution in [3.63, 3.8) is 0 Å². The number of hydrogen-bond donors (Lipinski definition) is 0. The molecule has 10 rings (SSSR count). The van der Waals surface area contributed by atoms with Gasteiger partial charge in [0.15, 0.2) is 0 Å². The molecule has 1 spiro atoms. The molecule has 0 radical (unpaired) electrons. The summed E-state index contributed by atoms with van der Waals surface area (Å²) in [5.41, 5.74) is 2.21. The summed E-state index contributed by atoms with van der Waals surface area (Å²) in [5, 5.41) is 0. The zero-order valence-electron chi connectivity index (χ0n) is 58.8. The predicted octanol–water partition coefficient (Wildman–Crippen LogP) is 13.0. The van der Waals surface area contributed by atoms with Crippen molar-refractivity contribution < 1.29 is 68.9 Å². The molecule has 4 amide bonds. The maximum absolute atomic E-state index is 14.0. The van der Waals surface area contributed by atoms with Crippen LogP contribution in [0.4, 0.5) is 30.7 Å². The zero-order chi connectivity index (χ0) is 72.5. The van der Waals surface area contributed by atoms with E-state index >= 15 is 0 Å². The summed E-state index contributed by atoms with van der Waals surface area (Å²) in [6.07, 6.45) is 0.0407. The molecule has 3 aliphatic heterocycles. The van der Waals surface area contributed by atoms with E-state index in [0.29, 0.717) is 81.9 Å². The average Bonchev–Trinajstić information content (AvgIpc) is 1.04. The molecule has 544 valence electrons. The van der Waals surface area contributed by atoms with Crippen LogP contribution in [0.2, 0.25) is 0 Å². The highest BCUT2D eigenvalue weighted by molar-refractivity contribution is 5.95. The molecule has 5 aromatic carbocycles. The van der Waals surface area contributed by atoms with Crippen LogP contribution in [0.25, 0.3) is 11.1 Å². The van der Waals surface area contributed by atoms with Gasteiger partial charge in [0.2, 0.25) is 11.8 Å². The van der Waals surface area contributed by atoms with Gasteiger partial charge in [0.25, 0.3) is 11.8 Å². The number of carbonyl (C=O) groups excluding carboxylic acids is 5. The Bertz CT molecular complexity index is 3680. The molecule has 6 aromatic rings. The first-order valence-electron chi connectivity index (χ1n) is 35.1. The summed E-state index contributed by atoms with van der Waals surface area (Å²) in [5.74, 6) is -1.67. The first kappa shape index (κ1) is 77.1. The first-order valence-corrected chi connectivity index (χ1v) is 35.1. The van der Waals surface area contributed by atoms with Crippen molar-refractivity contribution in [2.24, 2.45) is 0 Å². The van der Waals surface area contributed by atoms with Gasteiger partial charge >= 0.3 is 18.3 Å². The molecule has 0 saturated carbocycles. The number of fused-ring (bicyclic) bond motifs is 2. The summed E-state index contributed by atoms with van der Waals surface area (Å²) in [4.78, 5) is 81.6. The second-order valence-corrected chi connectivity index (χ2v) is 27.3. The minimum absolute atomic E-state index is 0.00855. The number of ether oxygens (including phenoxy) is 3. The summed E-state index contributed by atoms with van der Waals surface area (Å²) in [6.45, 7) is 11.5. The number of carbonyl (C=O) groups is 5. The SMILES string of the molecule is CCCN(C)C(=O)CO[C@H]1Cc2ccccc2C12CCN(CC[C@@]1(c3ccc(F)cc3)CN(C(=O)c3cc(C(F)(F)F)cc(C(F)(F)F)c3)CO1)CC2.CCN(C)C(=O)c1ccc(CN(C)CCCCCC(=O)N(C)CCN2CCC(OC(=O)Cc3ccccc3-c3ccccc3)CC2)cn1. The smallest absolute Gasteiger partial charge is 0.416 e. The monoisotopic (exact) mass is 1400 g/mol. The Labute approximate surface area is 588 Å². The number of likely N-dealkylation sites (N-methyl/N-ethyl adjacent to an activating group) is 2. The number of likely N-dealkylation sites (tertiary alicyclic amines) is 2. The van der Waals surface area contributed by atoms with Gasteiger partial charge in [0.1, 0.15) is 36.6 Å². The highest BCUT2D eigenvalue weighted by Crippen LogP contribution is 2.48. The fourth-order valence-corrected chi connectivity index (χ4v) is 14.1. The van der Waals surface area contributed by atoms with E-state index in [9.17, 15) is 54.7 Å². The lowest BCUT2D eigenvalue weighted by Crippen LogP contribution is -2.50. The minimum atomic E-state index is -5.11. The molecule has 4 aliphatic rings. The number of alkyl halides is 6. The lowest BCUT2D eigenvalue weighted by atomic mass is 9.72. The highest BCUT2D eigenvalue weighted by Gasteiger charge is 2.50. The topological polar surface area (TPSA) is 149 Å². The third-order valence-corrected chi connectivity index (χ3v) is 20.2. The van der Waals surface area contributed by atoms with Gasteiger partial charge in [-0.2, -0.15) is 26.3 Å². The number of esters is 1. The highest BCUT2D eigenvalue weighted by atomic mass is 19.4. The van der Waals surface area contributed by atoms with Crippen LogP contribution in [0, 0.1) is 5.82 Å². The molecule has 3 fully saturated rings. The van der Waals surface area contributed by atoms with E-state index in [1.165, 1.54) is 35.4 Å². The van der Waals surface area contributed by atoms with E-state index in [1.54, 1.807) is 36.2 Å². The van der Waals surface area contributed by atoms with Gasteiger partial charge in [-0.1, -0.05) is 110 Å². The molecule has 23 heteroatoms. The molecule has 101 heavy (non-hydrogen) atoms. The number of piperidine rings is 2. The minimum Gasteiger partial charge on any atom is -0.462 e. The van der Waals surface area contributed by atoms with Gasteiger partial charge in [-0.05, 0) is 167 Å². The van der Waals surface area contributed by atoms with E-state index in [0.717, 1.165) is 111 Å². The number of aromatic nitrogens is 1. The van der Waals surface area contributed by atoms with Gasteiger partial charge in [-0.25, -0.2) is 4.39 Å². The Kier molecular flexibility index (Phi) is 26.9. The molecule has 16 nitrogen and oxygen atoms in total.